The molecule has 1 aliphatic carbocycles. The molecule has 2 N–H and O–H groups in total. The molecule has 3 aromatic rings. The van der Waals surface area contributed by atoms with Crippen LogP contribution in [0.1, 0.15) is 38.1 Å². The highest BCUT2D eigenvalue weighted by atomic mass is 16.3. The lowest BCUT2D eigenvalue weighted by Gasteiger charge is -2.25. The molecule has 1 aliphatic rings. The largest absolute Gasteiger partial charge is 0.507 e. The second-order valence-electron chi connectivity index (χ2n) is 6.00. The summed E-state index contributed by atoms with van der Waals surface area (Å²) >= 11 is 0. The molecule has 3 nitrogen and oxygen atoms in total. The first-order valence-electron chi connectivity index (χ1n) is 7.71. The molecule has 0 amide bonds. The van der Waals surface area contributed by atoms with Crippen molar-refractivity contribution in [3.63, 3.8) is 0 Å². The molecule has 2 aromatic carbocycles. The zero-order valence-electron chi connectivity index (χ0n) is 11.9. The number of phenolic OH excluding ortho intramolecular Hbond substituents is 2. The molecular weight excluding hydrogens is 262 g/mol. The normalized spacial score (nSPS) is 16.8. The number of hydrogen-bond acceptors (Lipinski definition) is 2. The van der Waals surface area contributed by atoms with E-state index in [-0.39, 0.29) is 11.5 Å². The van der Waals surface area contributed by atoms with Gasteiger partial charge in [0, 0.05) is 6.04 Å². The van der Waals surface area contributed by atoms with Crippen LogP contribution in [-0.4, -0.2) is 14.8 Å². The molecule has 0 unspecified atom stereocenters. The van der Waals surface area contributed by atoms with Crippen LogP contribution in [-0.2, 0) is 0 Å². The van der Waals surface area contributed by atoms with E-state index in [2.05, 4.69) is 4.57 Å². The van der Waals surface area contributed by atoms with E-state index in [1.54, 1.807) is 12.1 Å². The summed E-state index contributed by atoms with van der Waals surface area (Å²) in [5, 5.41) is 22.1. The Morgan fingerprint density at radius 2 is 1.29 bits per heavy atom. The summed E-state index contributed by atoms with van der Waals surface area (Å²) in [5.41, 5.74) is 2.05. The van der Waals surface area contributed by atoms with Crippen molar-refractivity contribution < 1.29 is 10.2 Å². The minimum atomic E-state index is 0.244. The molecule has 0 bridgehead atoms. The molecule has 0 aliphatic heterocycles. The van der Waals surface area contributed by atoms with Gasteiger partial charge in [0.25, 0.3) is 0 Å². The number of benzene rings is 2. The highest BCUT2D eigenvalue weighted by Gasteiger charge is 2.22. The van der Waals surface area contributed by atoms with Crippen molar-refractivity contribution in [3.05, 3.63) is 36.4 Å². The maximum absolute atomic E-state index is 10.3. The Morgan fingerprint density at radius 1 is 0.762 bits per heavy atom. The van der Waals surface area contributed by atoms with Crippen LogP contribution in [0.5, 0.6) is 11.5 Å². The van der Waals surface area contributed by atoms with Gasteiger partial charge in [-0.15, -0.1) is 0 Å². The van der Waals surface area contributed by atoms with E-state index in [1.165, 1.54) is 32.1 Å². The third-order valence-electron chi connectivity index (χ3n) is 4.75. The van der Waals surface area contributed by atoms with Gasteiger partial charge in [0.05, 0.1) is 21.8 Å². The van der Waals surface area contributed by atoms with E-state index >= 15 is 0 Å². The highest BCUT2D eigenvalue weighted by molar-refractivity contribution is 6.13. The van der Waals surface area contributed by atoms with Crippen molar-refractivity contribution in [3.8, 4) is 11.5 Å². The van der Waals surface area contributed by atoms with Crippen molar-refractivity contribution in [1.29, 1.82) is 0 Å². The van der Waals surface area contributed by atoms with Gasteiger partial charge in [-0.1, -0.05) is 31.4 Å². The molecule has 0 radical (unpaired) electrons. The van der Waals surface area contributed by atoms with Gasteiger partial charge < -0.3 is 14.8 Å². The smallest absolute Gasteiger partial charge is 0.125 e. The number of phenols is 2. The van der Waals surface area contributed by atoms with Crippen LogP contribution in [0, 0.1) is 0 Å². The van der Waals surface area contributed by atoms with Gasteiger partial charge in [-0.25, -0.2) is 0 Å². The Kier molecular flexibility index (Phi) is 2.81. The van der Waals surface area contributed by atoms with E-state index in [1.807, 2.05) is 24.3 Å². The Bertz CT molecular complexity index is 754. The minimum absolute atomic E-state index is 0.244. The van der Waals surface area contributed by atoms with Crippen LogP contribution < -0.4 is 0 Å². The first kappa shape index (κ1) is 12.6. The Labute approximate surface area is 123 Å². The van der Waals surface area contributed by atoms with Gasteiger partial charge in [-0.05, 0) is 37.1 Å². The summed E-state index contributed by atoms with van der Waals surface area (Å²) in [4.78, 5) is 0. The van der Waals surface area contributed by atoms with Gasteiger partial charge >= 0.3 is 0 Å². The van der Waals surface area contributed by atoms with E-state index in [0.717, 1.165) is 21.8 Å². The van der Waals surface area contributed by atoms with Crippen LogP contribution >= 0.6 is 0 Å². The fourth-order valence-electron chi connectivity index (χ4n) is 3.83. The van der Waals surface area contributed by atoms with Crippen LogP contribution in [0.2, 0.25) is 0 Å². The zero-order valence-corrected chi connectivity index (χ0v) is 11.9. The summed E-state index contributed by atoms with van der Waals surface area (Å²) in [6, 6.07) is 11.7. The van der Waals surface area contributed by atoms with Gasteiger partial charge in [-0.2, -0.15) is 0 Å². The average molecular weight is 281 g/mol. The van der Waals surface area contributed by atoms with Gasteiger partial charge in [0.1, 0.15) is 11.5 Å². The fourth-order valence-corrected chi connectivity index (χ4v) is 3.83. The first-order valence-corrected chi connectivity index (χ1v) is 7.71. The standard InChI is InChI=1S/C18H19NO2/c20-15-10-4-8-13-17(15)18-14(9-5-11-16(18)21)19(13)12-6-2-1-3-7-12/h4-5,8-12,20-21H,1-3,6-7H2. The van der Waals surface area contributed by atoms with Crippen molar-refractivity contribution >= 4 is 21.8 Å². The summed E-state index contributed by atoms with van der Waals surface area (Å²) < 4.78 is 2.32. The lowest BCUT2D eigenvalue weighted by atomic mass is 9.95. The predicted octanol–water partition coefficient (Wildman–Crippen LogP) is 4.71. The van der Waals surface area contributed by atoms with E-state index in [4.69, 9.17) is 0 Å². The van der Waals surface area contributed by atoms with Crippen LogP contribution in [0.3, 0.4) is 0 Å². The third kappa shape index (κ3) is 1.80. The Hall–Kier alpha value is -2.16. The van der Waals surface area contributed by atoms with E-state index < -0.39 is 0 Å². The Balaban J connectivity index is 2.12. The average Bonchev–Trinajstić information content (AvgIpc) is 2.85. The molecule has 108 valence electrons. The van der Waals surface area contributed by atoms with Gasteiger partial charge in [0.15, 0.2) is 0 Å². The van der Waals surface area contributed by atoms with Crippen LogP contribution in [0.15, 0.2) is 36.4 Å². The molecular formula is C18H19NO2. The minimum Gasteiger partial charge on any atom is -0.507 e. The molecule has 1 fully saturated rings. The number of nitrogens with zero attached hydrogens (tertiary/aromatic N) is 1. The first-order chi connectivity index (χ1) is 10.3. The van der Waals surface area contributed by atoms with Crippen molar-refractivity contribution in [2.45, 2.75) is 38.1 Å². The summed E-state index contributed by atoms with van der Waals surface area (Å²) in [6.07, 6.45) is 6.16. The topological polar surface area (TPSA) is 45.4 Å². The quantitative estimate of drug-likeness (QED) is 0.678. The molecule has 0 saturated heterocycles. The molecule has 1 saturated carbocycles. The molecule has 21 heavy (non-hydrogen) atoms. The van der Waals surface area contributed by atoms with Crippen molar-refractivity contribution in [1.82, 2.24) is 4.57 Å². The Morgan fingerprint density at radius 3 is 1.81 bits per heavy atom. The maximum atomic E-state index is 10.3. The predicted molar refractivity (Wildman–Crippen MR) is 84.9 cm³/mol. The van der Waals surface area contributed by atoms with Gasteiger partial charge in [-0.3, -0.25) is 0 Å². The lowest BCUT2D eigenvalue weighted by Crippen LogP contribution is -2.12. The molecule has 3 heteroatoms. The second-order valence-corrected chi connectivity index (χ2v) is 6.00. The van der Waals surface area contributed by atoms with E-state index in [0.29, 0.717) is 6.04 Å². The monoisotopic (exact) mass is 281 g/mol. The second kappa shape index (κ2) is 4.69. The number of hydrogen-bond donors (Lipinski definition) is 2. The van der Waals surface area contributed by atoms with E-state index in [9.17, 15) is 10.2 Å². The van der Waals surface area contributed by atoms with Crippen LogP contribution in [0.4, 0.5) is 0 Å². The third-order valence-corrected chi connectivity index (χ3v) is 4.75. The fraction of sp³-hybridized carbons (Fsp3) is 0.333. The summed E-state index contributed by atoms with van der Waals surface area (Å²) in [7, 11) is 0. The maximum Gasteiger partial charge on any atom is 0.125 e. The van der Waals surface area contributed by atoms with Crippen LogP contribution in [0.25, 0.3) is 21.8 Å². The molecule has 4 rings (SSSR count). The lowest BCUT2D eigenvalue weighted by molar-refractivity contribution is 0.367. The summed E-state index contributed by atoms with van der Waals surface area (Å²) in [6.45, 7) is 0. The van der Waals surface area contributed by atoms with Crippen molar-refractivity contribution in [2.24, 2.45) is 0 Å². The van der Waals surface area contributed by atoms with Gasteiger partial charge in [0.2, 0.25) is 0 Å². The number of rotatable bonds is 1. The number of aromatic nitrogens is 1. The molecule has 0 spiro atoms. The highest BCUT2D eigenvalue weighted by Crippen LogP contribution is 2.43. The number of fused-ring (bicyclic) bond motifs is 3. The molecule has 1 aromatic heterocycles. The summed E-state index contributed by atoms with van der Waals surface area (Å²) in [5.74, 6) is 0.488. The number of aromatic hydroxyl groups is 2. The van der Waals surface area contributed by atoms with Crippen molar-refractivity contribution in [2.75, 3.05) is 0 Å². The molecule has 0 atom stereocenters. The zero-order chi connectivity index (χ0) is 14.4. The molecule has 1 heterocycles. The SMILES string of the molecule is Oc1cccc2c1c1c(O)cccc1n2C1CCCCC1.